The second kappa shape index (κ2) is 6.51. The third kappa shape index (κ3) is 2.93. The summed E-state index contributed by atoms with van der Waals surface area (Å²) in [5.74, 6) is 0.863. The largest absolute Gasteiger partial charge is 0.344 e. The molecular weight excluding hydrogens is 312 g/mol. The number of hydrogen-bond donors (Lipinski definition) is 1. The van der Waals surface area contributed by atoms with Crippen LogP contribution in [-0.4, -0.2) is 28.5 Å². The molecule has 3 aromatic rings. The van der Waals surface area contributed by atoms with Gasteiger partial charge in [0, 0.05) is 17.6 Å². The van der Waals surface area contributed by atoms with E-state index in [2.05, 4.69) is 20.2 Å². The highest BCUT2D eigenvalue weighted by Crippen LogP contribution is 2.30. The fourth-order valence-corrected chi connectivity index (χ4v) is 3.44. The van der Waals surface area contributed by atoms with Crippen molar-refractivity contribution in [3.63, 3.8) is 0 Å². The van der Waals surface area contributed by atoms with E-state index in [0.717, 1.165) is 47.4 Å². The third-order valence-electron chi connectivity index (χ3n) is 4.75. The zero-order chi connectivity index (χ0) is 17.2. The van der Waals surface area contributed by atoms with Crippen molar-refractivity contribution in [3.05, 3.63) is 60.4 Å². The number of fused-ring (bicyclic) bond motifs is 1. The molecule has 2 heterocycles. The van der Waals surface area contributed by atoms with Crippen molar-refractivity contribution < 1.29 is 4.79 Å². The second-order valence-electron chi connectivity index (χ2n) is 6.37. The molecule has 1 N–H and O–H groups in total. The van der Waals surface area contributed by atoms with E-state index in [1.165, 1.54) is 0 Å². The van der Waals surface area contributed by atoms with Crippen LogP contribution in [0.25, 0.3) is 10.9 Å². The Morgan fingerprint density at radius 1 is 1.12 bits per heavy atom. The van der Waals surface area contributed by atoms with E-state index in [0.29, 0.717) is 0 Å². The van der Waals surface area contributed by atoms with Crippen LogP contribution in [0.2, 0.25) is 0 Å². The van der Waals surface area contributed by atoms with Crippen LogP contribution in [0.1, 0.15) is 18.4 Å². The molecular formula is C20H20N4O. The Bertz CT molecular complexity index is 919. The lowest BCUT2D eigenvalue weighted by Crippen LogP contribution is -2.40. The van der Waals surface area contributed by atoms with Crippen molar-refractivity contribution in [1.29, 1.82) is 0 Å². The van der Waals surface area contributed by atoms with Crippen LogP contribution < -0.4 is 10.2 Å². The Kier molecular flexibility index (Phi) is 4.06. The number of nitrogens with zero attached hydrogens (tertiary/aromatic N) is 3. The molecule has 1 saturated heterocycles. The summed E-state index contributed by atoms with van der Waals surface area (Å²) in [6.45, 7) is 2.83. The van der Waals surface area contributed by atoms with E-state index < -0.39 is 0 Å². The first-order valence-corrected chi connectivity index (χ1v) is 8.57. The molecule has 1 amide bonds. The molecule has 0 bridgehead atoms. The maximum Gasteiger partial charge on any atom is 0.247 e. The molecule has 1 aliphatic heterocycles. The maximum atomic E-state index is 12.9. The van der Waals surface area contributed by atoms with Crippen molar-refractivity contribution >= 4 is 28.3 Å². The monoisotopic (exact) mass is 332 g/mol. The number of hydrogen-bond acceptors (Lipinski definition) is 4. The first-order chi connectivity index (χ1) is 12.2. The fraction of sp³-hybridized carbons (Fsp3) is 0.250. The molecule has 1 aromatic heterocycles. The number of amides is 1. The number of nitrogens with one attached hydrogen (secondary N) is 1. The molecule has 2 aromatic carbocycles. The number of rotatable bonds is 3. The van der Waals surface area contributed by atoms with Gasteiger partial charge in [-0.25, -0.2) is 9.97 Å². The van der Waals surface area contributed by atoms with Gasteiger partial charge in [0.25, 0.3) is 0 Å². The zero-order valence-electron chi connectivity index (χ0n) is 14.1. The summed E-state index contributed by atoms with van der Waals surface area (Å²) < 4.78 is 0. The second-order valence-corrected chi connectivity index (χ2v) is 6.37. The summed E-state index contributed by atoms with van der Waals surface area (Å²) in [5, 5.41) is 4.06. The molecule has 4 rings (SSSR count). The number of aryl methyl sites for hydroxylation is 1. The molecule has 1 aliphatic rings. The minimum absolute atomic E-state index is 0.0227. The van der Waals surface area contributed by atoms with Gasteiger partial charge in [0.15, 0.2) is 0 Å². The summed E-state index contributed by atoms with van der Waals surface area (Å²) in [6.07, 6.45) is 3.38. The van der Waals surface area contributed by atoms with Crippen LogP contribution in [0.4, 0.5) is 11.5 Å². The number of carbonyl (C=O) groups is 1. The molecule has 25 heavy (non-hydrogen) atoms. The first-order valence-electron chi connectivity index (χ1n) is 8.57. The molecule has 5 nitrogen and oxygen atoms in total. The number of benzene rings is 2. The van der Waals surface area contributed by atoms with Gasteiger partial charge >= 0.3 is 0 Å². The van der Waals surface area contributed by atoms with Gasteiger partial charge < -0.3 is 10.2 Å². The van der Waals surface area contributed by atoms with E-state index >= 15 is 0 Å². The summed E-state index contributed by atoms with van der Waals surface area (Å²) in [5.41, 5.74) is 2.83. The van der Waals surface area contributed by atoms with Crippen molar-refractivity contribution in [2.75, 3.05) is 16.8 Å². The standard InChI is InChI=1S/C20H20N4O/c1-14-7-2-4-9-16(14)23-20(25)18-11-6-12-24(18)19-15-8-3-5-10-17(15)21-13-22-19/h2-5,7-10,13,18H,6,11-12H2,1H3,(H,23,25). The van der Waals surface area contributed by atoms with Crippen molar-refractivity contribution in [1.82, 2.24) is 9.97 Å². The van der Waals surface area contributed by atoms with E-state index in [4.69, 9.17) is 0 Å². The first kappa shape index (κ1) is 15.6. The van der Waals surface area contributed by atoms with Gasteiger partial charge in [-0.15, -0.1) is 0 Å². The Morgan fingerprint density at radius 3 is 2.80 bits per heavy atom. The minimum atomic E-state index is -0.210. The van der Waals surface area contributed by atoms with Crippen LogP contribution in [0.3, 0.4) is 0 Å². The Labute approximate surface area is 146 Å². The SMILES string of the molecule is Cc1ccccc1NC(=O)C1CCCN1c1ncnc2ccccc12. The summed E-state index contributed by atoms with van der Waals surface area (Å²) >= 11 is 0. The van der Waals surface area contributed by atoms with Crippen molar-refractivity contribution in [3.8, 4) is 0 Å². The summed E-state index contributed by atoms with van der Waals surface area (Å²) in [7, 11) is 0. The van der Waals surface area contributed by atoms with Gasteiger partial charge in [-0.1, -0.05) is 30.3 Å². The van der Waals surface area contributed by atoms with Gasteiger partial charge in [-0.2, -0.15) is 0 Å². The zero-order valence-corrected chi connectivity index (χ0v) is 14.1. The predicted octanol–water partition coefficient (Wildman–Crippen LogP) is 3.55. The van der Waals surface area contributed by atoms with Crippen molar-refractivity contribution in [2.24, 2.45) is 0 Å². The third-order valence-corrected chi connectivity index (χ3v) is 4.75. The van der Waals surface area contributed by atoms with Gasteiger partial charge in [-0.05, 0) is 43.5 Å². The van der Waals surface area contributed by atoms with Crippen LogP contribution in [0.5, 0.6) is 0 Å². The van der Waals surface area contributed by atoms with Gasteiger partial charge in [0.05, 0.1) is 5.52 Å². The molecule has 0 radical (unpaired) electrons. The van der Waals surface area contributed by atoms with E-state index in [-0.39, 0.29) is 11.9 Å². The highest BCUT2D eigenvalue weighted by molar-refractivity contribution is 5.99. The Morgan fingerprint density at radius 2 is 1.92 bits per heavy atom. The molecule has 1 fully saturated rings. The van der Waals surface area contributed by atoms with E-state index in [1.54, 1.807) is 6.33 Å². The molecule has 1 atom stereocenters. The van der Waals surface area contributed by atoms with E-state index in [9.17, 15) is 4.79 Å². The van der Waals surface area contributed by atoms with Crippen LogP contribution in [0.15, 0.2) is 54.9 Å². The average molecular weight is 332 g/mol. The lowest BCUT2D eigenvalue weighted by atomic mass is 10.1. The quantitative estimate of drug-likeness (QED) is 0.797. The fourth-order valence-electron chi connectivity index (χ4n) is 3.44. The topological polar surface area (TPSA) is 58.1 Å². The number of anilines is 2. The normalized spacial score (nSPS) is 17.0. The number of carbonyl (C=O) groups excluding carboxylic acids is 1. The highest BCUT2D eigenvalue weighted by Gasteiger charge is 2.32. The highest BCUT2D eigenvalue weighted by atomic mass is 16.2. The molecule has 0 spiro atoms. The molecule has 0 aliphatic carbocycles. The maximum absolute atomic E-state index is 12.9. The molecule has 0 saturated carbocycles. The molecule has 5 heteroatoms. The number of para-hydroxylation sites is 2. The van der Waals surface area contributed by atoms with Crippen LogP contribution >= 0.6 is 0 Å². The molecule has 1 unspecified atom stereocenters. The predicted molar refractivity (Wildman–Crippen MR) is 99.7 cm³/mol. The lowest BCUT2D eigenvalue weighted by Gasteiger charge is -2.26. The van der Waals surface area contributed by atoms with Crippen molar-refractivity contribution in [2.45, 2.75) is 25.8 Å². The van der Waals surface area contributed by atoms with E-state index in [1.807, 2.05) is 55.5 Å². The van der Waals surface area contributed by atoms with Crippen LogP contribution in [-0.2, 0) is 4.79 Å². The number of aromatic nitrogens is 2. The summed E-state index contributed by atoms with van der Waals surface area (Å²) in [6, 6.07) is 15.6. The Hall–Kier alpha value is -2.95. The minimum Gasteiger partial charge on any atom is -0.344 e. The smallest absolute Gasteiger partial charge is 0.247 e. The lowest BCUT2D eigenvalue weighted by molar-refractivity contribution is -0.117. The van der Waals surface area contributed by atoms with Crippen LogP contribution in [0, 0.1) is 6.92 Å². The van der Waals surface area contributed by atoms with Gasteiger partial charge in [0.1, 0.15) is 18.2 Å². The van der Waals surface area contributed by atoms with Gasteiger partial charge in [-0.3, -0.25) is 4.79 Å². The Balaban J connectivity index is 1.64. The summed E-state index contributed by atoms with van der Waals surface area (Å²) in [4.78, 5) is 23.8. The molecule has 126 valence electrons. The average Bonchev–Trinajstić information content (AvgIpc) is 3.13. The van der Waals surface area contributed by atoms with Gasteiger partial charge in [0.2, 0.25) is 5.91 Å².